The standard InChI is InChI=1S/C18H22N2O3/c1-20(12-14-7-5-4-6-8-14)13-18(21)19-15-9-10-16(22-2)17(11-15)23-3/h4-11H,12-13H2,1-3H3,(H,19,21)/p+1. The van der Waals surface area contributed by atoms with Gasteiger partial charge < -0.3 is 19.7 Å². The van der Waals surface area contributed by atoms with Crippen LogP contribution in [-0.2, 0) is 11.3 Å². The molecule has 2 N–H and O–H groups in total. The predicted octanol–water partition coefficient (Wildman–Crippen LogP) is 1.36. The minimum absolute atomic E-state index is 0.0364. The van der Waals surface area contributed by atoms with Crippen LogP contribution in [0.3, 0.4) is 0 Å². The van der Waals surface area contributed by atoms with E-state index in [1.54, 1.807) is 32.4 Å². The van der Waals surface area contributed by atoms with Crippen LogP contribution in [0.1, 0.15) is 5.56 Å². The topological polar surface area (TPSA) is 52.0 Å². The van der Waals surface area contributed by atoms with E-state index in [0.29, 0.717) is 23.7 Å². The summed E-state index contributed by atoms with van der Waals surface area (Å²) < 4.78 is 10.4. The number of rotatable bonds is 7. The summed E-state index contributed by atoms with van der Waals surface area (Å²) in [5.41, 5.74) is 1.91. The van der Waals surface area contributed by atoms with Crippen molar-refractivity contribution in [1.29, 1.82) is 0 Å². The van der Waals surface area contributed by atoms with Gasteiger partial charge in [-0.25, -0.2) is 0 Å². The second-order valence-corrected chi connectivity index (χ2v) is 5.41. The summed E-state index contributed by atoms with van der Waals surface area (Å²) in [7, 11) is 5.15. The highest BCUT2D eigenvalue weighted by Gasteiger charge is 2.12. The monoisotopic (exact) mass is 315 g/mol. The van der Waals surface area contributed by atoms with Crippen LogP contribution < -0.4 is 19.7 Å². The van der Waals surface area contributed by atoms with E-state index in [9.17, 15) is 4.79 Å². The zero-order valence-corrected chi connectivity index (χ0v) is 13.8. The minimum atomic E-state index is -0.0364. The maximum atomic E-state index is 12.2. The van der Waals surface area contributed by atoms with Gasteiger partial charge in [0.25, 0.3) is 5.91 Å². The second kappa shape index (κ2) is 8.19. The van der Waals surface area contributed by atoms with E-state index in [1.165, 1.54) is 5.56 Å². The fraction of sp³-hybridized carbons (Fsp3) is 0.278. The first-order valence-corrected chi connectivity index (χ1v) is 7.49. The van der Waals surface area contributed by atoms with Crippen molar-refractivity contribution in [1.82, 2.24) is 0 Å². The largest absolute Gasteiger partial charge is 0.493 e. The Bertz CT molecular complexity index is 644. The van der Waals surface area contributed by atoms with Gasteiger partial charge in [-0.3, -0.25) is 4.79 Å². The molecule has 0 radical (unpaired) electrons. The van der Waals surface area contributed by atoms with Crippen molar-refractivity contribution in [3.63, 3.8) is 0 Å². The zero-order valence-electron chi connectivity index (χ0n) is 13.8. The van der Waals surface area contributed by atoms with Gasteiger partial charge in [0.15, 0.2) is 18.0 Å². The lowest BCUT2D eigenvalue weighted by Gasteiger charge is -2.14. The van der Waals surface area contributed by atoms with Gasteiger partial charge in [-0.05, 0) is 12.1 Å². The minimum Gasteiger partial charge on any atom is -0.493 e. The molecule has 0 aromatic heterocycles. The normalized spacial score (nSPS) is 11.6. The van der Waals surface area contributed by atoms with Crippen LogP contribution >= 0.6 is 0 Å². The number of likely N-dealkylation sites (N-methyl/N-ethyl adjacent to an activating group) is 1. The molecule has 1 amide bonds. The van der Waals surface area contributed by atoms with Crippen molar-refractivity contribution >= 4 is 11.6 Å². The van der Waals surface area contributed by atoms with E-state index in [1.807, 2.05) is 25.2 Å². The number of benzene rings is 2. The molecule has 1 atom stereocenters. The SMILES string of the molecule is COc1ccc(NC(=O)C[NH+](C)Cc2ccccc2)cc1OC. The van der Waals surface area contributed by atoms with E-state index in [4.69, 9.17) is 9.47 Å². The lowest BCUT2D eigenvalue weighted by Crippen LogP contribution is -3.08. The lowest BCUT2D eigenvalue weighted by atomic mass is 10.2. The predicted molar refractivity (Wildman–Crippen MR) is 90.1 cm³/mol. The Hall–Kier alpha value is -2.53. The Morgan fingerprint density at radius 3 is 2.39 bits per heavy atom. The van der Waals surface area contributed by atoms with Gasteiger partial charge in [0.2, 0.25) is 0 Å². The smallest absolute Gasteiger partial charge is 0.279 e. The van der Waals surface area contributed by atoms with Gasteiger partial charge in [-0.2, -0.15) is 0 Å². The quantitative estimate of drug-likeness (QED) is 0.811. The highest BCUT2D eigenvalue weighted by Crippen LogP contribution is 2.29. The molecule has 0 saturated heterocycles. The number of hydrogen-bond acceptors (Lipinski definition) is 3. The molecule has 0 fully saturated rings. The number of carbonyl (C=O) groups excluding carboxylic acids is 1. The molecule has 0 bridgehead atoms. The lowest BCUT2D eigenvalue weighted by molar-refractivity contribution is -0.885. The van der Waals surface area contributed by atoms with Gasteiger partial charge in [-0.1, -0.05) is 30.3 Å². The molecule has 2 rings (SSSR count). The first-order chi connectivity index (χ1) is 11.1. The van der Waals surface area contributed by atoms with Gasteiger partial charge >= 0.3 is 0 Å². The maximum Gasteiger partial charge on any atom is 0.279 e. The molecule has 0 aliphatic carbocycles. The number of carbonyl (C=O) groups is 1. The highest BCUT2D eigenvalue weighted by molar-refractivity contribution is 5.91. The van der Waals surface area contributed by atoms with E-state index >= 15 is 0 Å². The van der Waals surface area contributed by atoms with Crippen molar-refractivity contribution in [2.75, 3.05) is 33.1 Å². The number of quaternary nitrogens is 1. The molecule has 0 spiro atoms. The third-order valence-corrected chi connectivity index (χ3v) is 3.48. The molecule has 0 heterocycles. The van der Waals surface area contributed by atoms with Crippen LogP contribution in [0.2, 0.25) is 0 Å². The summed E-state index contributed by atoms with van der Waals surface area (Å²) in [5.74, 6) is 1.19. The van der Waals surface area contributed by atoms with Crippen LogP contribution in [-0.4, -0.2) is 33.7 Å². The Balaban J connectivity index is 1.91. The maximum absolute atomic E-state index is 12.2. The Kier molecular flexibility index (Phi) is 6.00. The molecule has 122 valence electrons. The average molecular weight is 315 g/mol. The molecule has 5 heteroatoms. The van der Waals surface area contributed by atoms with E-state index < -0.39 is 0 Å². The Labute approximate surface area is 136 Å². The summed E-state index contributed by atoms with van der Waals surface area (Å²) in [6.07, 6.45) is 0. The fourth-order valence-corrected chi connectivity index (χ4v) is 2.40. The highest BCUT2D eigenvalue weighted by atomic mass is 16.5. The van der Waals surface area contributed by atoms with E-state index in [2.05, 4.69) is 17.4 Å². The van der Waals surface area contributed by atoms with E-state index in [-0.39, 0.29) is 5.91 Å². The summed E-state index contributed by atoms with van der Waals surface area (Å²) in [5, 5.41) is 2.89. The molecule has 0 saturated carbocycles. The van der Waals surface area contributed by atoms with Gasteiger partial charge in [-0.15, -0.1) is 0 Å². The number of ether oxygens (including phenoxy) is 2. The van der Waals surface area contributed by atoms with Gasteiger partial charge in [0, 0.05) is 17.3 Å². The number of nitrogens with one attached hydrogen (secondary N) is 2. The molecule has 0 aliphatic rings. The molecule has 5 nitrogen and oxygen atoms in total. The first kappa shape index (κ1) is 16.8. The average Bonchev–Trinajstić information content (AvgIpc) is 2.55. The number of hydrogen-bond donors (Lipinski definition) is 2. The summed E-state index contributed by atoms with van der Waals surface area (Å²) in [4.78, 5) is 13.3. The van der Waals surface area contributed by atoms with Crippen LogP contribution in [0.25, 0.3) is 0 Å². The van der Waals surface area contributed by atoms with Gasteiger partial charge in [0.1, 0.15) is 6.54 Å². The molecule has 23 heavy (non-hydrogen) atoms. The van der Waals surface area contributed by atoms with Crippen molar-refractivity contribution < 1.29 is 19.2 Å². The van der Waals surface area contributed by atoms with Gasteiger partial charge in [0.05, 0.1) is 21.3 Å². The van der Waals surface area contributed by atoms with Crippen LogP contribution in [0, 0.1) is 0 Å². The van der Waals surface area contributed by atoms with Crippen molar-refractivity contribution in [3.8, 4) is 11.5 Å². The zero-order chi connectivity index (χ0) is 16.7. The second-order valence-electron chi connectivity index (χ2n) is 5.41. The Morgan fingerprint density at radius 1 is 1.04 bits per heavy atom. The molecular formula is C18H23N2O3+. The molecule has 2 aromatic rings. The fourth-order valence-electron chi connectivity index (χ4n) is 2.40. The van der Waals surface area contributed by atoms with Crippen molar-refractivity contribution in [3.05, 3.63) is 54.1 Å². The summed E-state index contributed by atoms with van der Waals surface area (Å²) in [6.45, 7) is 1.20. The summed E-state index contributed by atoms with van der Waals surface area (Å²) >= 11 is 0. The molecular weight excluding hydrogens is 292 g/mol. The molecule has 1 unspecified atom stereocenters. The van der Waals surface area contributed by atoms with Crippen LogP contribution in [0.4, 0.5) is 5.69 Å². The first-order valence-electron chi connectivity index (χ1n) is 7.49. The number of methoxy groups -OCH3 is 2. The molecule has 0 aliphatic heterocycles. The number of anilines is 1. The Morgan fingerprint density at radius 2 is 1.74 bits per heavy atom. The van der Waals surface area contributed by atoms with E-state index in [0.717, 1.165) is 11.4 Å². The molecule has 2 aromatic carbocycles. The third kappa shape index (κ3) is 5.00. The summed E-state index contributed by atoms with van der Waals surface area (Å²) in [6, 6.07) is 15.5. The number of amides is 1. The van der Waals surface area contributed by atoms with Crippen molar-refractivity contribution in [2.24, 2.45) is 0 Å². The van der Waals surface area contributed by atoms with Crippen molar-refractivity contribution in [2.45, 2.75) is 6.54 Å². The van der Waals surface area contributed by atoms with Crippen LogP contribution in [0.15, 0.2) is 48.5 Å². The third-order valence-electron chi connectivity index (χ3n) is 3.48. The van der Waals surface area contributed by atoms with Crippen LogP contribution in [0.5, 0.6) is 11.5 Å².